The molecule has 0 saturated carbocycles. The molecule has 7 aromatic rings. The largest absolute Gasteiger partial charge is 0.399 e. The van der Waals surface area contributed by atoms with Gasteiger partial charge in [-0.2, -0.15) is 0 Å². The summed E-state index contributed by atoms with van der Waals surface area (Å²) in [5, 5.41) is 2.52. The molecule has 1 unspecified atom stereocenters. The van der Waals surface area contributed by atoms with Crippen LogP contribution in [0.1, 0.15) is 22.7 Å². The molecule has 0 spiro atoms. The Morgan fingerprint density at radius 2 is 1.19 bits per heavy atom. The van der Waals surface area contributed by atoms with Crippen molar-refractivity contribution >= 4 is 48.5 Å². The van der Waals surface area contributed by atoms with Gasteiger partial charge in [-0.3, -0.25) is 5.84 Å². The number of hydrogen-bond acceptors (Lipinski definition) is 5. The summed E-state index contributed by atoms with van der Waals surface area (Å²) in [5.74, 6) is 6.07. The smallest absolute Gasteiger partial charge is 0.0710 e. The Balaban J connectivity index is 0.000000579. The van der Waals surface area contributed by atoms with Gasteiger partial charge in [0.2, 0.25) is 0 Å². The quantitative estimate of drug-likeness (QED) is 0.0910. The highest BCUT2D eigenvalue weighted by Crippen LogP contribution is 2.43. The maximum Gasteiger partial charge on any atom is 0.0710 e. The molecule has 0 bridgehead atoms. The van der Waals surface area contributed by atoms with Crippen LogP contribution in [0.15, 0.2) is 219 Å². The molecule has 0 aliphatic carbocycles. The fraction of sp³-hybridized carbons (Fsp3) is 0.0204. The molecule has 5 heteroatoms. The number of nitrogens with two attached hydrogens (primary N) is 2. The molecule has 8 rings (SSSR count). The number of hydrazine groups is 1. The first-order chi connectivity index (χ1) is 26.5. The first kappa shape index (κ1) is 35.9. The van der Waals surface area contributed by atoms with Crippen molar-refractivity contribution in [3.8, 4) is 11.1 Å². The van der Waals surface area contributed by atoms with E-state index < -0.39 is 0 Å². The van der Waals surface area contributed by atoms with E-state index in [0.717, 1.165) is 44.8 Å². The Bertz CT molecular complexity index is 2530. The maximum absolute atomic E-state index is 6.07. The van der Waals surface area contributed by atoms with Crippen molar-refractivity contribution < 1.29 is 0 Å². The van der Waals surface area contributed by atoms with Crippen molar-refractivity contribution in [1.82, 2.24) is 5.43 Å². The molecule has 1 aromatic heterocycles. The van der Waals surface area contributed by atoms with E-state index in [4.69, 9.17) is 11.6 Å². The first-order valence-electron chi connectivity index (χ1n) is 17.8. The van der Waals surface area contributed by atoms with Crippen molar-refractivity contribution in [3.05, 3.63) is 235 Å². The number of hydrogen-bond donors (Lipinski definition) is 3. The molecule has 264 valence electrons. The predicted molar refractivity (Wildman–Crippen MR) is 234 cm³/mol. The standard InChI is InChI=1S/C43H35N3S.C6H7N/c1-30-14-9-10-26-46(36-20-11-19-35(29-36)41(45-44)33-17-7-4-8-18-33)27-25-34(28-31(30)2)38-22-13-24-40-39-23-12-21-37(42(39)47-43(38)40)32-15-5-3-6-16-32;7-6-4-2-1-3-5-6/h3-29,41,45H,1-2,44H2;1-5H,7H2/b14-9-,26-10-,27-25-,34-28+;. The van der Waals surface area contributed by atoms with Crippen LogP contribution in [0, 0.1) is 0 Å². The normalized spacial score (nSPS) is 16.4. The van der Waals surface area contributed by atoms with E-state index in [0.29, 0.717) is 0 Å². The number of thiophene rings is 1. The molecule has 1 aliphatic rings. The van der Waals surface area contributed by atoms with Gasteiger partial charge in [0.15, 0.2) is 0 Å². The lowest BCUT2D eigenvalue weighted by molar-refractivity contribution is 0.637. The third-order valence-corrected chi connectivity index (χ3v) is 10.6. The fourth-order valence-corrected chi connectivity index (χ4v) is 7.91. The van der Waals surface area contributed by atoms with Crippen molar-refractivity contribution in [1.29, 1.82) is 0 Å². The monoisotopic (exact) mass is 718 g/mol. The number of nitrogens with one attached hydrogen (secondary N) is 1. The first-order valence-corrected chi connectivity index (χ1v) is 18.6. The molecule has 0 saturated heterocycles. The Morgan fingerprint density at radius 1 is 0.574 bits per heavy atom. The highest BCUT2D eigenvalue weighted by Gasteiger charge is 2.16. The van der Waals surface area contributed by atoms with Gasteiger partial charge in [-0.25, -0.2) is 5.43 Å². The topological polar surface area (TPSA) is 67.3 Å². The van der Waals surface area contributed by atoms with Crippen LogP contribution in [-0.4, -0.2) is 0 Å². The van der Waals surface area contributed by atoms with Crippen LogP contribution >= 0.6 is 11.3 Å². The third-order valence-electron chi connectivity index (χ3n) is 9.33. The molecule has 4 nitrogen and oxygen atoms in total. The van der Waals surface area contributed by atoms with Gasteiger partial charge < -0.3 is 10.6 Å². The second-order valence-corrected chi connectivity index (χ2v) is 13.9. The number of fused-ring (bicyclic) bond motifs is 3. The van der Waals surface area contributed by atoms with Gasteiger partial charge >= 0.3 is 0 Å². The third kappa shape index (κ3) is 8.10. The van der Waals surface area contributed by atoms with E-state index in [9.17, 15) is 0 Å². The molecule has 0 radical (unpaired) electrons. The number of para-hydroxylation sites is 1. The zero-order valence-corrected chi connectivity index (χ0v) is 30.8. The lowest BCUT2D eigenvalue weighted by Gasteiger charge is -2.21. The SMILES string of the molecule is C=C1/C=C\C=C/N(c2cccc(C(NN)c3ccccc3)c2)/C=C\C(c2cccc3c2sc2c(-c4ccccc4)cccc23)=C/C1=C.Nc1ccccc1. The van der Waals surface area contributed by atoms with Gasteiger partial charge in [0, 0.05) is 43.9 Å². The second kappa shape index (κ2) is 16.9. The minimum atomic E-state index is -0.138. The number of nitrogens with zero attached hydrogens (tertiary/aromatic N) is 1. The average molecular weight is 719 g/mol. The molecule has 6 aromatic carbocycles. The highest BCUT2D eigenvalue weighted by molar-refractivity contribution is 7.26. The van der Waals surface area contributed by atoms with Crippen LogP contribution in [0.5, 0.6) is 0 Å². The summed E-state index contributed by atoms with van der Waals surface area (Å²) < 4.78 is 2.53. The van der Waals surface area contributed by atoms with Crippen LogP contribution in [0.3, 0.4) is 0 Å². The minimum Gasteiger partial charge on any atom is -0.399 e. The molecule has 1 aliphatic heterocycles. The Kier molecular flexibility index (Phi) is 11.2. The molecule has 54 heavy (non-hydrogen) atoms. The lowest BCUT2D eigenvalue weighted by atomic mass is 9.97. The Hall–Kier alpha value is -6.50. The summed E-state index contributed by atoms with van der Waals surface area (Å²) in [5.41, 5.74) is 18.8. The van der Waals surface area contributed by atoms with Gasteiger partial charge in [0.1, 0.15) is 0 Å². The molecule has 0 amide bonds. The summed E-state index contributed by atoms with van der Waals surface area (Å²) in [4.78, 5) is 2.13. The van der Waals surface area contributed by atoms with Gasteiger partial charge in [0.25, 0.3) is 0 Å². The molecule has 1 atom stereocenters. The minimum absolute atomic E-state index is 0.138. The summed E-state index contributed by atoms with van der Waals surface area (Å²) >= 11 is 1.85. The van der Waals surface area contributed by atoms with E-state index in [1.807, 2.05) is 78.1 Å². The number of nitrogen functional groups attached to an aromatic ring is 1. The van der Waals surface area contributed by atoms with Crippen LogP contribution < -0.4 is 21.9 Å². The summed E-state index contributed by atoms with van der Waals surface area (Å²) in [7, 11) is 0. The van der Waals surface area contributed by atoms with Crippen molar-refractivity contribution in [3.63, 3.8) is 0 Å². The Morgan fingerprint density at radius 3 is 1.85 bits per heavy atom. The van der Waals surface area contributed by atoms with Crippen molar-refractivity contribution in [2.75, 3.05) is 10.6 Å². The number of rotatable bonds is 6. The predicted octanol–water partition coefficient (Wildman–Crippen LogP) is 12.1. The molecule has 0 fully saturated rings. The average Bonchev–Trinajstić information content (AvgIpc) is 3.60. The van der Waals surface area contributed by atoms with E-state index in [2.05, 4.69) is 151 Å². The summed E-state index contributed by atoms with van der Waals surface area (Å²) in [6, 6.07) is 51.9. The van der Waals surface area contributed by atoms with E-state index in [-0.39, 0.29) is 6.04 Å². The summed E-state index contributed by atoms with van der Waals surface area (Å²) in [6.45, 7) is 8.68. The van der Waals surface area contributed by atoms with Gasteiger partial charge in [-0.15, -0.1) is 11.3 Å². The van der Waals surface area contributed by atoms with Gasteiger partial charge in [0.05, 0.1) is 6.04 Å². The van der Waals surface area contributed by atoms with E-state index >= 15 is 0 Å². The molecular formula is C49H42N4S. The number of benzene rings is 6. The number of allylic oxidation sites excluding steroid dienone is 8. The number of anilines is 2. The van der Waals surface area contributed by atoms with E-state index in [1.165, 1.54) is 31.3 Å². The molecule has 5 N–H and O–H groups in total. The van der Waals surface area contributed by atoms with Crippen LogP contribution in [0.25, 0.3) is 36.9 Å². The molecule has 2 heterocycles. The zero-order valence-electron chi connectivity index (χ0n) is 30.0. The maximum atomic E-state index is 6.07. The van der Waals surface area contributed by atoms with Crippen LogP contribution in [-0.2, 0) is 0 Å². The van der Waals surface area contributed by atoms with Crippen molar-refractivity contribution in [2.24, 2.45) is 5.84 Å². The summed E-state index contributed by atoms with van der Waals surface area (Å²) in [6.07, 6.45) is 14.5. The Labute approximate surface area is 321 Å². The highest BCUT2D eigenvalue weighted by atomic mass is 32.1. The van der Waals surface area contributed by atoms with E-state index in [1.54, 1.807) is 0 Å². The van der Waals surface area contributed by atoms with Gasteiger partial charge in [-0.1, -0.05) is 153 Å². The lowest BCUT2D eigenvalue weighted by Crippen LogP contribution is -2.28. The van der Waals surface area contributed by atoms with Gasteiger partial charge in [-0.05, 0) is 87.0 Å². The van der Waals surface area contributed by atoms with Crippen LogP contribution in [0.4, 0.5) is 11.4 Å². The molecular weight excluding hydrogens is 677 g/mol. The van der Waals surface area contributed by atoms with Crippen LogP contribution in [0.2, 0.25) is 0 Å². The fourth-order valence-electron chi connectivity index (χ4n) is 6.54. The zero-order chi connectivity index (χ0) is 37.3. The second-order valence-electron chi connectivity index (χ2n) is 12.9. The van der Waals surface area contributed by atoms with Crippen molar-refractivity contribution in [2.45, 2.75) is 6.04 Å².